The molecule has 5 nitrogen and oxygen atoms in total. The van der Waals surface area contributed by atoms with Crippen LogP contribution in [0.4, 0.5) is 0 Å². The lowest BCUT2D eigenvalue weighted by molar-refractivity contribution is 0.0770. The Morgan fingerprint density at radius 2 is 2.18 bits per heavy atom. The zero-order chi connectivity index (χ0) is 15.9. The van der Waals surface area contributed by atoms with E-state index in [1.54, 1.807) is 23.7 Å². The van der Waals surface area contributed by atoms with Crippen molar-refractivity contribution in [1.29, 1.82) is 0 Å². The second-order valence-electron chi connectivity index (χ2n) is 6.01. The van der Waals surface area contributed by atoms with Crippen molar-refractivity contribution in [2.24, 2.45) is 7.05 Å². The lowest BCUT2D eigenvalue weighted by atomic mass is 9.99. The molecule has 1 aliphatic rings. The van der Waals surface area contributed by atoms with Crippen LogP contribution in [-0.4, -0.2) is 28.5 Å². The Morgan fingerprint density at radius 1 is 1.41 bits per heavy atom. The van der Waals surface area contributed by atoms with Gasteiger partial charge in [0.25, 0.3) is 5.56 Å². The number of ether oxygens (including phenoxy) is 1. The predicted octanol–water partition coefficient (Wildman–Crippen LogP) is 2.34. The maximum absolute atomic E-state index is 12.7. The molecule has 0 aliphatic carbocycles. The third-order valence-corrected chi connectivity index (χ3v) is 4.26. The molecule has 116 valence electrons. The van der Waals surface area contributed by atoms with Gasteiger partial charge in [-0.2, -0.15) is 0 Å². The lowest BCUT2D eigenvalue weighted by Gasteiger charge is -2.23. The summed E-state index contributed by atoms with van der Waals surface area (Å²) in [7, 11) is 1.74. The number of benzene rings is 1. The summed E-state index contributed by atoms with van der Waals surface area (Å²) >= 11 is 0. The van der Waals surface area contributed by atoms with E-state index in [-0.39, 0.29) is 17.3 Å². The van der Waals surface area contributed by atoms with Crippen molar-refractivity contribution in [2.45, 2.75) is 32.6 Å². The van der Waals surface area contributed by atoms with Gasteiger partial charge >= 0.3 is 0 Å². The van der Waals surface area contributed by atoms with Crippen molar-refractivity contribution in [1.82, 2.24) is 9.55 Å². The number of hydrogen-bond donors (Lipinski definition) is 0. The molecule has 2 heterocycles. The number of rotatable bonds is 2. The van der Waals surface area contributed by atoms with Gasteiger partial charge in [0.15, 0.2) is 5.78 Å². The van der Waals surface area contributed by atoms with Gasteiger partial charge in [-0.1, -0.05) is 0 Å². The number of carbonyl (C=O) groups excluding carboxylic acids is 1. The maximum atomic E-state index is 12.7. The maximum Gasteiger partial charge on any atom is 0.261 e. The Balaban J connectivity index is 2.29. The molecule has 1 fully saturated rings. The van der Waals surface area contributed by atoms with E-state index in [1.165, 1.54) is 6.92 Å². The molecule has 1 aromatic heterocycles. The van der Waals surface area contributed by atoms with Gasteiger partial charge < -0.3 is 4.74 Å². The SMILES string of the molecule is CC(=O)c1cc(C)cc2c(=O)n(C)c(C3CCCOC3)nc12. The number of aryl methyl sites for hydroxylation is 1. The van der Waals surface area contributed by atoms with Crippen molar-refractivity contribution in [3.05, 3.63) is 39.4 Å². The fourth-order valence-electron chi connectivity index (χ4n) is 3.11. The summed E-state index contributed by atoms with van der Waals surface area (Å²) in [5, 5.41) is 0.508. The largest absolute Gasteiger partial charge is 0.381 e. The molecule has 0 saturated carbocycles. The molecule has 0 spiro atoms. The lowest BCUT2D eigenvalue weighted by Crippen LogP contribution is -2.28. The molecule has 0 radical (unpaired) electrons. The van der Waals surface area contributed by atoms with Gasteiger partial charge in [-0.05, 0) is 44.4 Å². The molecule has 1 aromatic carbocycles. The Labute approximate surface area is 128 Å². The second kappa shape index (κ2) is 5.65. The predicted molar refractivity (Wildman–Crippen MR) is 84.5 cm³/mol. The average molecular weight is 300 g/mol. The van der Waals surface area contributed by atoms with E-state index >= 15 is 0 Å². The van der Waals surface area contributed by atoms with Gasteiger partial charge in [0.1, 0.15) is 5.82 Å². The Kier molecular flexibility index (Phi) is 3.83. The van der Waals surface area contributed by atoms with Crippen molar-refractivity contribution >= 4 is 16.7 Å². The smallest absolute Gasteiger partial charge is 0.261 e. The van der Waals surface area contributed by atoms with Gasteiger partial charge in [-0.15, -0.1) is 0 Å². The fraction of sp³-hybridized carbons (Fsp3) is 0.471. The van der Waals surface area contributed by atoms with E-state index in [0.29, 0.717) is 28.9 Å². The number of fused-ring (bicyclic) bond motifs is 1. The molecule has 3 rings (SSSR count). The minimum atomic E-state index is -0.100. The molecular weight excluding hydrogens is 280 g/mol. The molecule has 0 N–H and O–H groups in total. The molecule has 5 heteroatoms. The first-order valence-corrected chi connectivity index (χ1v) is 7.59. The number of ketones is 1. The van der Waals surface area contributed by atoms with Crippen LogP contribution in [0.25, 0.3) is 10.9 Å². The Bertz CT molecular complexity index is 802. The minimum absolute atomic E-state index is 0.0692. The van der Waals surface area contributed by atoms with Gasteiger partial charge in [0.2, 0.25) is 0 Å². The van der Waals surface area contributed by atoms with Crippen LogP contribution in [-0.2, 0) is 11.8 Å². The molecule has 22 heavy (non-hydrogen) atoms. The highest BCUT2D eigenvalue weighted by Crippen LogP contribution is 2.25. The van der Waals surface area contributed by atoms with Crippen molar-refractivity contribution in [2.75, 3.05) is 13.2 Å². The first kappa shape index (κ1) is 14.9. The highest BCUT2D eigenvalue weighted by molar-refractivity contribution is 6.05. The normalized spacial score (nSPS) is 18.6. The highest BCUT2D eigenvalue weighted by atomic mass is 16.5. The highest BCUT2D eigenvalue weighted by Gasteiger charge is 2.23. The summed E-state index contributed by atoms with van der Waals surface area (Å²) in [5.74, 6) is 0.751. The monoisotopic (exact) mass is 300 g/mol. The quantitative estimate of drug-likeness (QED) is 0.799. The van der Waals surface area contributed by atoms with Crippen LogP contribution in [0.3, 0.4) is 0 Å². The van der Waals surface area contributed by atoms with Crippen LogP contribution < -0.4 is 5.56 Å². The summed E-state index contributed by atoms with van der Waals surface area (Å²) in [6.07, 6.45) is 1.92. The summed E-state index contributed by atoms with van der Waals surface area (Å²) in [5.41, 5.74) is 1.83. The van der Waals surface area contributed by atoms with Gasteiger partial charge in [-0.3, -0.25) is 14.2 Å². The first-order valence-electron chi connectivity index (χ1n) is 7.59. The minimum Gasteiger partial charge on any atom is -0.381 e. The number of aromatic nitrogens is 2. The molecule has 0 amide bonds. The summed E-state index contributed by atoms with van der Waals surface area (Å²) in [6.45, 7) is 4.73. The standard InChI is InChI=1S/C17H20N2O3/c1-10-7-13(11(2)20)15-14(8-10)17(21)19(3)16(18-15)12-5-4-6-22-9-12/h7-8,12H,4-6,9H2,1-3H3. The number of Topliss-reactive ketones (excluding diaryl/α,β-unsaturated/α-hetero) is 1. The zero-order valence-electron chi connectivity index (χ0n) is 13.2. The van der Waals surface area contributed by atoms with Crippen LogP contribution in [0, 0.1) is 6.92 Å². The average Bonchev–Trinajstić information content (AvgIpc) is 2.51. The fourth-order valence-corrected chi connectivity index (χ4v) is 3.11. The van der Waals surface area contributed by atoms with Crippen LogP contribution in [0.1, 0.15) is 47.4 Å². The van der Waals surface area contributed by atoms with E-state index in [4.69, 9.17) is 4.74 Å². The molecule has 1 aliphatic heterocycles. The van der Waals surface area contributed by atoms with E-state index in [9.17, 15) is 9.59 Å². The van der Waals surface area contributed by atoms with E-state index in [0.717, 1.165) is 25.0 Å². The molecule has 0 bridgehead atoms. The number of nitrogens with zero attached hydrogens (tertiary/aromatic N) is 2. The van der Waals surface area contributed by atoms with Crippen molar-refractivity contribution in [3.63, 3.8) is 0 Å². The van der Waals surface area contributed by atoms with Gasteiger partial charge in [0, 0.05) is 25.1 Å². The van der Waals surface area contributed by atoms with Gasteiger partial charge in [0.05, 0.1) is 17.5 Å². The van der Waals surface area contributed by atoms with Crippen LogP contribution in [0.5, 0.6) is 0 Å². The molecule has 1 unspecified atom stereocenters. The summed E-state index contributed by atoms with van der Waals surface area (Å²) < 4.78 is 7.12. The Morgan fingerprint density at radius 3 is 2.82 bits per heavy atom. The van der Waals surface area contributed by atoms with Crippen LogP contribution in [0.2, 0.25) is 0 Å². The first-order chi connectivity index (χ1) is 10.5. The summed E-state index contributed by atoms with van der Waals surface area (Å²) in [4.78, 5) is 29.3. The van der Waals surface area contributed by atoms with Crippen LogP contribution >= 0.6 is 0 Å². The second-order valence-corrected chi connectivity index (χ2v) is 6.01. The molecule has 1 saturated heterocycles. The van der Waals surface area contributed by atoms with E-state index < -0.39 is 0 Å². The summed E-state index contributed by atoms with van der Waals surface area (Å²) in [6, 6.07) is 3.61. The molecule has 1 atom stereocenters. The topological polar surface area (TPSA) is 61.2 Å². The van der Waals surface area contributed by atoms with Crippen molar-refractivity contribution < 1.29 is 9.53 Å². The third-order valence-electron chi connectivity index (χ3n) is 4.26. The van der Waals surface area contributed by atoms with E-state index in [2.05, 4.69) is 4.98 Å². The zero-order valence-corrected chi connectivity index (χ0v) is 13.2. The van der Waals surface area contributed by atoms with Crippen LogP contribution in [0.15, 0.2) is 16.9 Å². The molecular formula is C17H20N2O3. The molecule has 2 aromatic rings. The number of hydrogen-bond acceptors (Lipinski definition) is 4. The third kappa shape index (κ3) is 2.46. The Hall–Kier alpha value is -2.01. The number of carbonyl (C=O) groups is 1. The van der Waals surface area contributed by atoms with Gasteiger partial charge in [-0.25, -0.2) is 4.98 Å². The van der Waals surface area contributed by atoms with E-state index in [1.807, 2.05) is 6.92 Å². The van der Waals surface area contributed by atoms with Crippen molar-refractivity contribution in [3.8, 4) is 0 Å².